The maximum Gasteiger partial charge on any atom is 0.224 e. The van der Waals surface area contributed by atoms with Crippen LogP contribution >= 0.6 is 0 Å². The highest BCUT2D eigenvalue weighted by atomic mass is 16.2. The highest BCUT2D eigenvalue weighted by Crippen LogP contribution is 2.10. The molecule has 0 aromatic carbocycles. The Balaban J connectivity index is 4.20. The molecule has 0 aromatic rings. The normalized spacial score (nSPS) is 13.3. The van der Waals surface area contributed by atoms with E-state index in [1.807, 2.05) is 11.9 Å². The van der Waals surface area contributed by atoms with Crippen LogP contribution in [0.2, 0.25) is 0 Å². The second-order valence-electron chi connectivity index (χ2n) is 4.59. The Hall–Kier alpha value is -0.570. The fourth-order valence-corrected chi connectivity index (χ4v) is 1.62. The van der Waals surface area contributed by atoms with Gasteiger partial charge in [0, 0.05) is 25.6 Å². The SMILES string of the molecule is CCC(CC)N(C)C(=O)CC(N)C(C)C. The van der Waals surface area contributed by atoms with E-state index in [0.29, 0.717) is 18.4 Å². The van der Waals surface area contributed by atoms with Gasteiger partial charge in [0.25, 0.3) is 0 Å². The summed E-state index contributed by atoms with van der Waals surface area (Å²) in [6.45, 7) is 8.32. The van der Waals surface area contributed by atoms with E-state index in [0.717, 1.165) is 12.8 Å². The minimum Gasteiger partial charge on any atom is -0.343 e. The number of rotatable bonds is 6. The third kappa shape index (κ3) is 4.65. The Morgan fingerprint density at radius 3 is 2.07 bits per heavy atom. The molecule has 3 heteroatoms. The van der Waals surface area contributed by atoms with Gasteiger partial charge in [0.05, 0.1) is 0 Å². The molecule has 0 aliphatic heterocycles. The largest absolute Gasteiger partial charge is 0.343 e. The number of carbonyl (C=O) groups excluding carboxylic acids is 1. The number of hydrogen-bond donors (Lipinski definition) is 1. The van der Waals surface area contributed by atoms with E-state index in [9.17, 15) is 4.79 Å². The van der Waals surface area contributed by atoms with Crippen molar-refractivity contribution in [3.8, 4) is 0 Å². The Bertz CT molecular complexity index is 188. The van der Waals surface area contributed by atoms with Crippen LogP contribution in [0.1, 0.15) is 47.0 Å². The summed E-state index contributed by atoms with van der Waals surface area (Å²) in [6.07, 6.45) is 2.48. The second-order valence-corrected chi connectivity index (χ2v) is 4.59. The van der Waals surface area contributed by atoms with Crippen molar-refractivity contribution < 1.29 is 4.79 Å². The van der Waals surface area contributed by atoms with Crippen molar-refractivity contribution in [3.05, 3.63) is 0 Å². The lowest BCUT2D eigenvalue weighted by atomic mass is 10.0. The van der Waals surface area contributed by atoms with Gasteiger partial charge in [-0.25, -0.2) is 0 Å². The number of nitrogens with zero attached hydrogens (tertiary/aromatic N) is 1. The van der Waals surface area contributed by atoms with E-state index in [1.165, 1.54) is 0 Å². The predicted molar refractivity (Wildman–Crippen MR) is 64.6 cm³/mol. The molecule has 0 heterocycles. The molecular formula is C12H26N2O. The smallest absolute Gasteiger partial charge is 0.224 e. The van der Waals surface area contributed by atoms with E-state index >= 15 is 0 Å². The van der Waals surface area contributed by atoms with Gasteiger partial charge in [-0.1, -0.05) is 27.7 Å². The molecule has 1 unspecified atom stereocenters. The fraction of sp³-hybridized carbons (Fsp3) is 0.917. The Labute approximate surface area is 94.0 Å². The van der Waals surface area contributed by atoms with Gasteiger partial charge in [-0.2, -0.15) is 0 Å². The molecule has 1 atom stereocenters. The molecule has 0 saturated heterocycles. The lowest BCUT2D eigenvalue weighted by Gasteiger charge is -2.28. The Kier molecular flexibility index (Phi) is 6.57. The third-order valence-electron chi connectivity index (χ3n) is 3.15. The zero-order valence-corrected chi connectivity index (χ0v) is 10.8. The summed E-state index contributed by atoms with van der Waals surface area (Å²) in [5.41, 5.74) is 5.89. The predicted octanol–water partition coefficient (Wildman–Crippen LogP) is 2.01. The van der Waals surface area contributed by atoms with Gasteiger partial charge < -0.3 is 10.6 Å². The van der Waals surface area contributed by atoms with E-state index in [1.54, 1.807) is 0 Å². The van der Waals surface area contributed by atoms with Crippen LogP contribution in [0.4, 0.5) is 0 Å². The minimum atomic E-state index is -0.0192. The van der Waals surface area contributed by atoms with Crippen LogP contribution in [-0.2, 0) is 4.79 Å². The summed E-state index contributed by atoms with van der Waals surface area (Å²) >= 11 is 0. The van der Waals surface area contributed by atoms with Crippen molar-refractivity contribution >= 4 is 5.91 Å². The summed E-state index contributed by atoms with van der Waals surface area (Å²) in [6, 6.07) is 0.339. The van der Waals surface area contributed by atoms with Crippen molar-refractivity contribution in [2.75, 3.05) is 7.05 Å². The Morgan fingerprint density at radius 1 is 1.27 bits per heavy atom. The van der Waals surface area contributed by atoms with E-state index in [2.05, 4.69) is 27.7 Å². The second kappa shape index (κ2) is 6.83. The topological polar surface area (TPSA) is 46.3 Å². The van der Waals surface area contributed by atoms with Crippen LogP contribution in [0, 0.1) is 5.92 Å². The summed E-state index contributed by atoms with van der Waals surface area (Å²) < 4.78 is 0. The summed E-state index contributed by atoms with van der Waals surface area (Å²) in [5, 5.41) is 0. The molecule has 0 radical (unpaired) electrons. The minimum absolute atomic E-state index is 0.0192. The van der Waals surface area contributed by atoms with Gasteiger partial charge in [0.15, 0.2) is 0 Å². The summed E-state index contributed by atoms with van der Waals surface area (Å²) in [5.74, 6) is 0.536. The lowest BCUT2D eigenvalue weighted by Crippen LogP contribution is -2.40. The number of nitrogens with two attached hydrogens (primary N) is 1. The lowest BCUT2D eigenvalue weighted by molar-refractivity contribution is -0.132. The first-order chi connectivity index (χ1) is 6.93. The highest BCUT2D eigenvalue weighted by molar-refractivity contribution is 5.76. The zero-order valence-electron chi connectivity index (χ0n) is 10.8. The first-order valence-electron chi connectivity index (χ1n) is 5.95. The molecule has 0 aromatic heterocycles. The zero-order chi connectivity index (χ0) is 12.0. The molecule has 0 saturated carbocycles. The standard InChI is InChI=1S/C12H26N2O/c1-6-10(7-2)14(5)12(15)8-11(13)9(3)4/h9-11H,6-8,13H2,1-5H3. The molecule has 1 amide bonds. The highest BCUT2D eigenvalue weighted by Gasteiger charge is 2.20. The van der Waals surface area contributed by atoms with Gasteiger partial charge in [-0.05, 0) is 18.8 Å². The quantitative estimate of drug-likeness (QED) is 0.735. The number of carbonyl (C=O) groups is 1. The van der Waals surface area contributed by atoms with Gasteiger partial charge >= 0.3 is 0 Å². The van der Waals surface area contributed by atoms with Crippen LogP contribution in [0.15, 0.2) is 0 Å². The van der Waals surface area contributed by atoms with Gasteiger partial charge in [0.2, 0.25) is 5.91 Å². The average Bonchev–Trinajstić information content (AvgIpc) is 2.19. The third-order valence-corrected chi connectivity index (χ3v) is 3.15. The molecule has 0 rings (SSSR count). The van der Waals surface area contributed by atoms with Gasteiger partial charge in [-0.3, -0.25) is 4.79 Å². The average molecular weight is 214 g/mol. The molecule has 90 valence electrons. The van der Waals surface area contributed by atoms with Gasteiger partial charge in [-0.15, -0.1) is 0 Å². The van der Waals surface area contributed by atoms with Crippen LogP contribution in [0.25, 0.3) is 0 Å². The molecule has 0 aliphatic rings. The summed E-state index contributed by atoms with van der Waals surface area (Å²) in [4.78, 5) is 13.7. The first-order valence-corrected chi connectivity index (χ1v) is 5.95. The number of hydrogen-bond acceptors (Lipinski definition) is 2. The molecule has 0 bridgehead atoms. The summed E-state index contributed by atoms with van der Waals surface area (Å²) in [7, 11) is 1.88. The molecule has 0 aliphatic carbocycles. The maximum absolute atomic E-state index is 11.9. The first kappa shape index (κ1) is 14.4. The van der Waals surface area contributed by atoms with Crippen LogP contribution in [0.5, 0.6) is 0 Å². The Morgan fingerprint density at radius 2 is 1.73 bits per heavy atom. The van der Waals surface area contributed by atoms with E-state index < -0.39 is 0 Å². The van der Waals surface area contributed by atoms with Crippen molar-refractivity contribution in [2.24, 2.45) is 11.7 Å². The molecule has 0 fully saturated rings. The number of amides is 1. The van der Waals surface area contributed by atoms with Crippen LogP contribution in [-0.4, -0.2) is 29.9 Å². The fourth-order valence-electron chi connectivity index (χ4n) is 1.62. The molecule has 0 spiro atoms. The molecule has 15 heavy (non-hydrogen) atoms. The van der Waals surface area contributed by atoms with E-state index in [-0.39, 0.29) is 11.9 Å². The van der Waals surface area contributed by atoms with Crippen molar-refractivity contribution in [3.63, 3.8) is 0 Å². The van der Waals surface area contributed by atoms with Crippen LogP contribution in [0.3, 0.4) is 0 Å². The monoisotopic (exact) mass is 214 g/mol. The van der Waals surface area contributed by atoms with Crippen molar-refractivity contribution in [1.82, 2.24) is 4.90 Å². The molecule has 2 N–H and O–H groups in total. The maximum atomic E-state index is 11.9. The molecule has 3 nitrogen and oxygen atoms in total. The van der Waals surface area contributed by atoms with Crippen molar-refractivity contribution in [1.29, 1.82) is 0 Å². The van der Waals surface area contributed by atoms with Crippen LogP contribution < -0.4 is 5.73 Å². The van der Waals surface area contributed by atoms with Gasteiger partial charge in [0.1, 0.15) is 0 Å². The van der Waals surface area contributed by atoms with E-state index in [4.69, 9.17) is 5.73 Å². The molecular weight excluding hydrogens is 188 g/mol. The van der Waals surface area contributed by atoms with Crippen molar-refractivity contribution in [2.45, 2.75) is 59.0 Å².